The first-order valence-corrected chi connectivity index (χ1v) is 9.97. The number of nitrogens with one attached hydrogen (secondary N) is 1. The molecule has 1 atom stereocenters. The Balaban J connectivity index is 1.66. The lowest BCUT2D eigenvalue weighted by Crippen LogP contribution is -2.28. The molecule has 8 heteroatoms. The number of aromatic nitrogens is 1. The number of rotatable bonds is 7. The summed E-state index contributed by atoms with van der Waals surface area (Å²) in [6.45, 7) is 6.45. The van der Waals surface area contributed by atoms with E-state index in [0.717, 1.165) is 0 Å². The average Bonchev–Trinajstić information content (AvgIpc) is 3.20. The van der Waals surface area contributed by atoms with Crippen molar-refractivity contribution in [2.75, 3.05) is 0 Å². The number of carbonyl (C=O) groups excluding carboxylic acids is 5. The number of H-pyrrole nitrogens is 1. The zero-order valence-corrected chi connectivity index (χ0v) is 17.9. The Morgan fingerprint density at radius 2 is 1.65 bits per heavy atom. The van der Waals surface area contributed by atoms with Crippen LogP contribution in [0.4, 0.5) is 0 Å². The molecule has 0 saturated carbocycles. The van der Waals surface area contributed by atoms with Crippen molar-refractivity contribution in [2.45, 2.75) is 53.2 Å². The molecule has 2 heterocycles. The van der Waals surface area contributed by atoms with Gasteiger partial charge in [0.15, 0.2) is 11.9 Å². The summed E-state index contributed by atoms with van der Waals surface area (Å²) < 4.78 is 5.31. The molecule has 1 N–H and O–H groups in total. The number of imide groups is 1. The summed E-state index contributed by atoms with van der Waals surface area (Å²) in [5.74, 6) is -1.66. The third-order valence-corrected chi connectivity index (χ3v) is 5.37. The molecule has 2 aromatic rings. The number of esters is 1. The van der Waals surface area contributed by atoms with Gasteiger partial charge in [-0.15, -0.1) is 0 Å². The minimum Gasteiger partial charge on any atom is -0.451 e. The van der Waals surface area contributed by atoms with E-state index in [0.29, 0.717) is 22.4 Å². The number of amides is 2. The predicted molar refractivity (Wildman–Crippen MR) is 111 cm³/mol. The molecule has 1 aliphatic heterocycles. The number of aryl methyl sites for hydroxylation is 1. The Hall–Kier alpha value is -3.55. The maximum atomic E-state index is 12.7. The molecule has 1 aromatic carbocycles. The van der Waals surface area contributed by atoms with Gasteiger partial charge in [-0.2, -0.15) is 0 Å². The van der Waals surface area contributed by atoms with E-state index in [4.69, 9.17) is 4.74 Å². The van der Waals surface area contributed by atoms with Crippen LogP contribution in [-0.4, -0.2) is 45.3 Å². The molecule has 1 aliphatic rings. The topological polar surface area (TPSA) is 114 Å². The van der Waals surface area contributed by atoms with Gasteiger partial charge in [0.2, 0.25) is 17.6 Å². The van der Waals surface area contributed by atoms with Crippen molar-refractivity contribution < 1.29 is 28.7 Å². The summed E-state index contributed by atoms with van der Waals surface area (Å²) >= 11 is 0. The first-order valence-electron chi connectivity index (χ1n) is 9.97. The standard InChI is InChI=1S/C23H24N2O6/c1-12-20(14(3)26)13(2)24-21(12)22(29)15(4)31-23(30)17-7-5-16(6-8-17)11-25-18(27)9-10-19(25)28/h5-8,15,24H,9-11H2,1-4H3. The van der Waals surface area contributed by atoms with E-state index in [1.54, 1.807) is 26.0 Å². The Bertz CT molecular complexity index is 1060. The van der Waals surface area contributed by atoms with Crippen molar-refractivity contribution in [1.29, 1.82) is 0 Å². The van der Waals surface area contributed by atoms with Crippen molar-refractivity contribution >= 4 is 29.4 Å². The second kappa shape index (κ2) is 8.67. The monoisotopic (exact) mass is 424 g/mol. The zero-order valence-electron chi connectivity index (χ0n) is 17.9. The van der Waals surface area contributed by atoms with Crippen LogP contribution in [0.15, 0.2) is 24.3 Å². The van der Waals surface area contributed by atoms with Gasteiger partial charge in [0.05, 0.1) is 17.8 Å². The van der Waals surface area contributed by atoms with Gasteiger partial charge in [-0.05, 0) is 51.0 Å². The number of nitrogens with zero attached hydrogens (tertiary/aromatic N) is 1. The summed E-state index contributed by atoms with van der Waals surface area (Å²) in [5, 5.41) is 0. The molecular weight excluding hydrogens is 400 g/mol. The Morgan fingerprint density at radius 1 is 1.06 bits per heavy atom. The van der Waals surface area contributed by atoms with E-state index < -0.39 is 17.9 Å². The van der Waals surface area contributed by atoms with Crippen molar-refractivity contribution in [3.8, 4) is 0 Å². The van der Waals surface area contributed by atoms with E-state index in [1.165, 1.54) is 30.9 Å². The molecule has 1 aromatic heterocycles. The second-order valence-corrected chi connectivity index (χ2v) is 7.66. The van der Waals surface area contributed by atoms with Crippen LogP contribution in [0, 0.1) is 13.8 Å². The highest BCUT2D eigenvalue weighted by atomic mass is 16.5. The van der Waals surface area contributed by atoms with Crippen LogP contribution in [0.3, 0.4) is 0 Å². The quantitative estimate of drug-likeness (QED) is 0.415. The lowest BCUT2D eigenvalue weighted by atomic mass is 10.0. The van der Waals surface area contributed by atoms with Crippen molar-refractivity contribution in [2.24, 2.45) is 0 Å². The summed E-state index contributed by atoms with van der Waals surface area (Å²) in [6, 6.07) is 6.33. The van der Waals surface area contributed by atoms with Gasteiger partial charge >= 0.3 is 5.97 Å². The fourth-order valence-corrected chi connectivity index (χ4v) is 3.74. The van der Waals surface area contributed by atoms with E-state index in [-0.39, 0.29) is 48.2 Å². The number of likely N-dealkylation sites (tertiary alicyclic amines) is 1. The lowest BCUT2D eigenvalue weighted by Gasteiger charge is -2.15. The van der Waals surface area contributed by atoms with Crippen LogP contribution in [0.5, 0.6) is 0 Å². The molecule has 1 saturated heterocycles. The highest BCUT2D eigenvalue weighted by molar-refractivity contribution is 6.05. The highest BCUT2D eigenvalue weighted by Gasteiger charge is 2.29. The maximum absolute atomic E-state index is 12.7. The smallest absolute Gasteiger partial charge is 0.338 e. The molecule has 0 aliphatic carbocycles. The molecule has 0 radical (unpaired) electrons. The number of Topliss-reactive ketones (excluding diaryl/α,β-unsaturated/α-hetero) is 2. The number of hydrogen-bond donors (Lipinski definition) is 1. The fraction of sp³-hybridized carbons (Fsp3) is 0.348. The van der Waals surface area contributed by atoms with Crippen LogP contribution < -0.4 is 0 Å². The molecule has 0 bridgehead atoms. The number of hydrogen-bond acceptors (Lipinski definition) is 6. The van der Waals surface area contributed by atoms with E-state index in [2.05, 4.69) is 4.98 Å². The number of aromatic amines is 1. The van der Waals surface area contributed by atoms with E-state index in [9.17, 15) is 24.0 Å². The van der Waals surface area contributed by atoms with Gasteiger partial charge in [0.25, 0.3) is 0 Å². The highest BCUT2D eigenvalue weighted by Crippen LogP contribution is 2.21. The Labute approximate surface area is 179 Å². The summed E-state index contributed by atoms with van der Waals surface area (Å²) in [6.07, 6.45) is -0.602. The van der Waals surface area contributed by atoms with Gasteiger partial charge in [-0.1, -0.05) is 12.1 Å². The Morgan fingerprint density at radius 3 is 2.16 bits per heavy atom. The number of carbonyl (C=O) groups is 5. The third-order valence-electron chi connectivity index (χ3n) is 5.37. The van der Waals surface area contributed by atoms with Gasteiger partial charge in [-0.25, -0.2) is 4.79 Å². The predicted octanol–water partition coefficient (Wildman–Crippen LogP) is 2.91. The van der Waals surface area contributed by atoms with Crippen molar-refractivity contribution in [3.63, 3.8) is 0 Å². The summed E-state index contributed by atoms with van der Waals surface area (Å²) in [4.78, 5) is 64.5. The molecule has 1 unspecified atom stereocenters. The minimum atomic E-state index is -1.05. The van der Waals surface area contributed by atoms with Crippen LogP contribution >= 0.6 is 0 Å². The Kier molecular flexibility index (Phi) is 6.19. The van der Waals surface area contributed by atoms with E-state index >= 15 is 0 Å². The minimum absolute atomic E-state index is 0.146. The third kappa shape index (κ3) is 4.47. The molecule has 1 fully saturated rings. The molecule has 8 nitrogen and oxygen atoms in total. The molecular formula is C23H24N2O6. The van der Waals surface area contributed by atoms with Crippen LogP contribution in [0.25, 0.3) is 0 Å². The SMILES string of the molecule is CC(=O)c1c(C)[nH]c(C(=O)C(C)OC(=O)c2ccc(CN3C(=O)CCC3=O)cc2)c1C. The second-order valence-electron chi connectivity index (χ2n) is 7.66. The van der Waals surface area contributed by atoms with Crippen molar-refractivity contribution in [1.82, 2.24) is 9.88 Å². The molecule has 162 valence electrons. The fourth-order valence-electron chi connectivity index (χ4n) is 3.74. The van der Waals surface area contributed by atoms with Gasteiger partial charge in [-0.3, -0.25) is 24.1 Å². The maximum Gasteiger partial charge on any atom is 0.338 e. The summed E-state index contributed by atoms with van der Waals surface area (Å²) in [5.41, 5.74) is 2.79. The lowest BCUT2D eigenvalue weighted by molar-refractivity contribution is -0.139. The number of ether oxygens (including phenoxy) is 1. The van der Waals surface area contributed by atoms with Crippen LogP contribution in [0.1, 0.15) is 74.7 Å². The number of ketones is 2. The molecule has 3 rings (SSSR count). The van der Waals surface area contributed by atoms with Gasteiger partial charge in [0.1, 0.15) is 0 Å². The molecule has 2 amide bonds. The van der Waals surface area contributed by atoms with Gasteiger partial charge in [0, 0.05) is 24.1 Å². The largest absolute Gasteiger partial charge is 0.451 e. The van der Waals surface area contributed by atoms with Crippen LogP contribution in [0.2, 0.25) is 0 Å². The van der Waals surface area contributed by atoms with Crippen molar-refractivity contribution in [3.05, 3.63) is 57.9 Å². The first-order chi connectivity index (χ1) is 14.6. The first kappa shape index (κ1) is 22.1. The van der Waals surface area contributed by atoms with Crippen LogP contribution in [-0.2, 0) is 20.9 Å². The normalized spacial score (nSPS) is 14.6. The van der Waals surface area contributed by atoms with E-state index in [1.807, 2.05) is 0 Å². The molecule has 31 heavy (non-hydrogen) atoms. The number of benzene rings is 1. The zero-order chi connectivity index (χ0) is 22.9. The van der Waals surface area contributed by atoms with Gasteiger partial charge < -0.3 is 9.72 Å². The molecule has 0 spiro atoms. The average molecular weight is 424 g/mol. The summed E-state index contributed by atoms with van der Waals surface area (Å²) in [7, 11) is 0.